The van der Waals surface area contributed by atoms with Crippen LogP contribution in [0.1, 0.15) is 25.8 Å². The van der Waals surface area contributed by atoms with Crippen LogP contribution in [0.4, 0.5) is 5.69 Å². The van der Waals surface area contributed by atoms with Crippen LogP contribution < -0.4 is 5.32 Å². The van der Waals surface area contributed by atoms with E-state index in [1.807, 2.05) is 6.07 Å². The highest BCUT2D eigenvalue weighted by Crippen LogP contribution is 2.26. The molecule has 0 spiro atoms. The van der Waals surface area contributed by atoms with Crippen LogP contribution in [0.25, 0.3) is 0 Å². The molecule has 0 bridgehead atoms. The Hall–Kier alpha value is -1.73. The van der Waals surface area contributed by atoms with Gasteiger partial charge in [-0.3, -0.25) is 4.79 Å². The fourth-order valence-corrected chi connectivity index (χ4v) is 1.70. The number of benzene rings is 1. The normalized spacial score (nSPS) is 10.7. The number of carboxylic acid groups (broad SMARTS) is 1. The number of anilines is 1. The van der Waals surface area contributed by atoms with Crippen molar-refractivity contribution in [2.75, 3.05) is 5.32 Å². The van der Waals surface area contributed by atoms with E-state index in [1.54, 1.807) is 32.0 Å². The van der Waals surface area contributed by atoms with Gasteiger partial charge in [-0.15, -0.1) is 0 Å². The molecule has 1 aromatic carbocycles. The molecule has 0 atom stereocenters. The van der Waals surface area contributed by atoms with Crippen molar-refractivity contribution in [2.45, 2.75) is 25.8 Å². The van der Waals surface area contributed by atoms with Crippen molar-refractivity contribution in [1.29, 1.82) is 5.26 Å². The molecule has 0 aliphatic heterocycles. The molecular weight excluding hydrogens is 240 g/mol. The summed E-state index contributed by atoms with van der Waals surface area (Å²) in [5.41, 5.74) is 0.484. The first kappa shape index (κ1) is 13.3. The maximum Gasteiger partial charge on any atom is 0.305 e. The van der Waals surface area contributed by atoms with Gasteiger partial charge in [0.05, 0.1) is 28.8 Å². The van der Waals surface area contributed by atoms with Gasteiger partial charge in [-0.25, -0.2) is 0 Å². The summed E-state index contributed by atoms with van der Waals surface area (Å²) in [6.07, 6.45) is -0.0245. The van der Waals surface area contributed by atoms with Crippen LogP contribution >= 0.6 is 11.6 Å². The van der Waals surface area contributed by atoms with Gasteiger partial charge in [-0.1, -0.05) is 11.6 Å². The second kappa shape index (κ2) is 5.07. The van der Waals surface area contributed by atoms with Crippen molar-refractivity contribution < 1.29 is 9.90 Å². The monoisotopic (exact) mass is 252 g/mol. The van der Waals surface area contributed by atoms with E-state index in [9.17, 15) is 4.79 Å². The molecule has 1 aromatic rings. The summed E-state index contributed by atoms with van der Waals surface area (Å²) in [6.45, 7) is 3.55. The number of nitrogens with zero attached hydrogens (tertiary/aromatic N) is 1. The molecule has 0 heterocycles. The summed E-state index contributed by atoms with van der Waals surface area (Å²) in [7, 11) is 0. The zero-order valence-corrected chi connectivity index (χ0v) is 10.4. The third-order valence-electron chi connectivity index (χ3n) is 2.16. The fraction of sp³-hybridized carbons (Fsp3) is 0.333. The zero-order valence-electron chi connectivity index (χ0n) is 9.62. The Bertz CT molecular complexity index is 478. The Labute approximate surface area is 105 Å². The number of aliphatic carboxylic acids is 1. The molecule has 0 unspecified atom stereocenters. The molecule has 0 aromatic heterocycles. The van der Waals surface area contributed by atoms with Gasteiger partial charge in [0.15, 0.2) is 0 Å². The predicted octanol–water partition coefficient (Wildman–Crippen LogP) is 2.88. The standard InChI is InChI=1S/C12H13ClN2O2/c1-12(2,6-11(16)17)15-10-4-3-8(7-14)5-9(10)13/h3-5,15H,6H2,1-2H3,(H,16,17). The third kappa shape index (κ3) is 3.97. The van der Waals surface area contributed by atoms with Crippen molar-refractivity contribution in [2.24, 2.45) is 0 Å². The van der Waals surface area contributed by atoms with Crippen LogP contribution in [0, 0.1) is 11.3 Å². The predicted molar refractivity (Wildman–Crippen MR) is 66.1 cm³/mol. The van der Waals surface area contributed by atoms with E-state index >= 15 is 0 Å². The molecule has 0 saturated carbocycles. The Balaban J connectivity index is 2.89. The molecule has 0 radical (unpaired) electrons. The Morgan fingerprint density at radius 3 is 2.71 bits per heavy atom. The van der Waals surface area contributed by atoms with E-state index in [-0.39, 0.29) is 6.42 Å². The van der Waals surface area contributed by atoms with Crippen molar-refractivity contribution in [3.8, 4) is 6.07 Å². The van der Waals surface area contributed by atoms with Crippen molar-refractivity contribution in [3.63, 3.8) is 0 Å². The Kier molecular flexibility index (Phi) is 3.97. The highest BCUT2D eigenvalue weighted by atomic mass is 35.5. The topological polar surface area (TPSA) is 73.1 Å². The van der Waals surface area contributed by atoms with Crippen molar-refractivity contribution in [1.82, 2.24) is 0 Å². The van der Waals surface area contributed by atoms with Gasteiger partial charge in [-0.2, -0.15) is 5.26 Å². The molecule has 5 heteroatoms. The number of carbonyl (C=O) groups is 1. The summed E-state index contributed by atoms with van der Waals surface area (Å²) < 4.78 is 0. The zero-order chi connectivity index (χ0) is 13.1. The minimum atomic E-state index is -0.882. The molecule has 2 N–H and O–H groups in total. The maximum atomic E-state index is 10.7. The highest BCUT2D eigenvalue weighted by molar-refractivity contribution is 6.33. The molecule has 0 fully saturated rings. The van der Waals surface area contributed by atoms with E-state index < -0.39 is 11.5 Å². The lowest BCUT2D eigenvalue weighted by molar-refractivity contribution is -0.137. The molecule has 0 amide bonds. The van der Waals surface area contributed by atoms with Gasteiger partial charge in [0.25, 0.3) is 0 Å². The molecule has 0 aliphatic rings. The summed E-state index contributed by atoms with van der Waals surface area (Å²) in [5, 5.41) is 20.9. The van der Waals surface area contributed by atoms with E-state index in [4.69, 9.17) is 22.0 Å². The largest absolute Gasteiger partial charge is 0.481 e. The smallest absolute Gasteiger partial charge is 0.305 e. The number of nitriles is 1. The first-order valence-electron chi connectivity index (χ1n) is 5.04. The molecule has 90 valence electrons. The van der Waals surface area contributed by atoms with E-state index in [2.05, 4.69) is 5.32 Å². The second-order valence-electron chi connectivity index (χ2n) is 4.39. The average molecular weight is 253 g/mol. The Morgan fingerprint density at radius 2 is 2.24 bits per heavy atom. The maximum absolute atomic E-state index is 10.7. The van der Waals surface area contributed by atoms with Crippen molar-refractivity contribution >= 4 is 23.3 Å². The van der Waals surface area contributed by atoms with Crippen LogP contribution in [0.3, 0.4) is 0 Å². The lowest BCUT2D eigenvalue weighted by atomic mass is 10.00. The highest BCUT2D eigenvalue weighted by Gasteiger charge is 2.22. The van der Waals surface area contributed by atoms with Crippen LogP contribution in [0.2, 0.25) is 5.02 Å². The first-order chi connectivity index (χ1) is 7.84. The number of hydrogen-bond donors (Lipinski definition) is 2. The van der Waals surface area contributed by atoms with Gasteiger partial charge in [0, 0.05) is 5.54 Å². The number of nitrogens with one attached hydrogen (secondary N) is 1. The molecule has 17 heavy (non-hydrogen) atoms. The van der Waals surface area contributed by atoms with E-state index in [0.29, 0.717) is 16.3 Å². The lowest BCUT2D eigenvalue weighted by Gasteiger charge is -2.26. The van der Waals surface area contributed by atoms with Gasteiger partial charge in [-0.05, 0) is 32.0 Å². The fourth-order valence-electron chi connectivity index (χ4n) is 1.47. The van der Waals surface area contributed by atoms with Crippen LogP contribution in [0.5, 0.6) is 0 Å². The summed E-state index contributed by atoms with van der Waals surface area (Å²) in [6, 6.07) is 6.83. The minimum absolute atomic E-state index is 0.0245. The van der Waals surface area contributed by atoms with E-state index in [1.165, 1.54) is 0 Å². The molecular formula is C12H13ClN2O2. The Morgan fingerprint density at radius 1 is 1.59 bits per heavy atom. The SMILES string of the molecule is CC(C)(CC(=O)O)Nc1ccc(C#N)cc1Cl. The summed E-state index contributed by atoms with van der Waals surface area (Å²) >= 11 is 5.99. The number of rotatable bonds is 4. The second-order valence-corrected chi connectivity index (χ2v) is 4.79. The van der Waals surface area contributed by atoms with Crippen LogP contribution in [-0.2, 0) is 4.79 Å². The average Bonchev–Trinajstić information content (AvgIpc) is 2.18. The number of carboxylic acids is 1. The molecule has 0 saturated heterocycles. The molecule has 1 rings (SSSR count). The van der Waals surface area contributed by atoms with Gasteiger partial charge in [0.2, 0.25) is 0 Å². The molecule has 0 aliphatic carbocycles. The first-order valence-corrected chi connectivity index (χ1v) is 5.41. The van der Waals surface area contributed by atoms with E-state index in [0.717, 1.165) is 0 Å². The summed E-state index contributed by atoms with van der Waals surface area (Å²) in [4.78, 5) is 10.7. The minimum Gasteiger partial charge on any atom is -0.481 e. The third-order valence-corrected chi connectivity index (χ3v) is 2.48. The summed E-state index contributed by atoms with van der Waals surface area (Å²) in [5.74, 6) is -0.882. The number of hydrogen-bond acceptors (Lipinski definition) is 3. The quantitative estimate of drug-likeness (QED) is 0.864. The lowest BCUT2D eigenvalue weighted by Crippen LogP contribution is -2.33. The van der Waals surface area contributed by atoms with Gasteiger partial charge >= 0.3 is 5.97 Å². The molecule has 4 nitrogen and oxygen atoms in total. The van der Waals surface area contributed by atoms with Crippen molar-refractivity contribution in [3.05, 3.63) is 28.8 Å². The van der Waals surface area contributed by atoms with Crippen LogP contribution in [0.15, 0.2) is 18.2 Å². The number of halogens is 1. The van der Waals surface area contributed by atoms with Crippen LogP contribution in [-0.4, -0.2) is 16.6 Å². The van der Waals surface area contributed by atoms with Gasteiger partial charge in [0.1, 0.15) is 0 Å². The van der Waals surface area contributed by atoms with Gasteiger partial charge < -0.3 is 10.4 Å².